The molecule has 6 atom stereocenters. The molecule has 0 aromatic rings. The molecule has 0 amide bonds. The van der Waals surface area contributed by atoms with E-state index < -0.39 is 5.97 Å². The molecule has 3 heteroatoms. The average Bonchev–Trinajstić information content (AvgIpc) is 2.90. The minimum Gasteiger partial charge on any atom is -0.481 e. The van der Waals surface area contributed by atoms with Crippen LogP contribution in [0.4, 0.5) is 0 Å². The number of allylic oxidation sites excluding steroid dienone is 4. The second-order valence-corrected chi connectivity index (χ2v) is 11.3. The van der Waals surface area contributed by atoms with Crippen LogP contribution in [0.1, 0.15) is 80.1 Å². The molecule has 1 N–H and O–H groups in total. The third-order valence-electron chi connectivity index (χ3n) is 10.0. The highest BCUT2D eigenvalue weighted by Gasteiger charge is 2.63. The molecular weight excluding hydrogens is 348 g/mol. The van der Waals surface area contributed by atoms with E-state index in [0.29, 0.717) is 18.1 Å². The molecule has 0 saturated heterocycles. The van der Waals surface area contributed by atoms with Gasteiger partial charge in [0.25, 0.3) is 0 Å². The van der Waals surface area contributed by atoms with Crippen LogP contribution in [-0.2, 0) is 9.59 Å². The van der Waals surface area contributed by atoms with Gasteiger partial charge in [0, 0.05) is 11.8 Å². The largest absolute Gasteiger partial charge is 0.481 e. The van der Waals surface area contributed by atoms with E-state index in [4.69, 9.17) is 0 Å². The molecule has 2 saturated carbocycles. The Morgan fingerprint density at radius 3 is 2.43 bits per heavy atom. The Labute approximate surface area is 169 Å². The van der Waals surface area contributed by atoms with Gasteiger partial charge in [-0.1, -0.05) is 53.7 Å². The van der Waals surface area contributed by atoms with Crippen molar-refractivity contribution in [3.05, 3.63) is 23.3 Å². The fourth-order valence-corrected chi connectivity index (χ4v) is 7.82. The van der Waals surface area contributed by atoms with Crippen molar-refractivity contribution in [3.8, 4) is 0 Å². The number of hydrogen-bond acceptors (Lipinski definition) is 2. The molecule has 3 nitrogen and oxygen atoms in total. The maximum atomic E-state index is 12.7. The van der Waals surface area contributed by atoms with E-state index in [-0.39, 0.29) is 33.5 Å². The molecule has 28 heavy (non-hydrogen) atoms. The summed E-state index contributed by atoms with van der Waals surface area (Å²) in [4.78, 5) is 24.4. The Morgan fingerprint density at radius 2 is 1.79 bits per heavy atom. The van der Waals surface area contributed by atoms with Gasteiger partial charge in [-0.25, -0.2) is 0 Å². The maximum absolute atomic E-state index is 12.7. The highest BCUT2D eigenvalue weighted by atomic mass is 16.4. The first kappa shape index (κ1) is 19.9. The zero-order chi connectivity index (χ0) is 20.7. The Kier molecular flexibility index (Phi) is 4.15. The molecule has 0 aromatic heterocycles. The van der Waals surface area contributed by atoms with Crippen molar-refractivity contribution >= 4 is 11.8 Å². The summed E-state index contributed by atoms with van der Waals surface area (Å²) in [7, 11) is 0. The minimum absolute atomic E-state index is 0.0106. The predicted octanol–water partition coefficient (Wildman–Crippen LogP) is 5.80. The highest BCUT2D eigenvalue weighted by molar-refractivity contribution is 5.86. The van der Waals surface area contributed by atoms with E-state index in [0.717, 1.165) is 32.1 Å². The molecule has 0 aliphatic heterocycles. The quantitative estimate of drug-likeness (QED) is 0.654. The number of carbonyl (C=O) groups excluding carboxylic acids is 1. The van der Waals surface area contributed by atoms with Crippen LogP contribution in [0.25, 0.3) is 0 Å². The van der Waals surface area contributed by atoms with Gasteiger partial charge in [0.2, 0.25) is 0 Å². The van der Waals surface area contributed by atoms with Gasteiger partial charge in [-0.05, 0) is 71.3 Å². The second-order valence-electron chi connectivity index (χ2n) is 11.3. The zero-order valence-corrected chi connectivity index (χ0v) is 18.4. The molecule has 4 rings (SSSR count). The third kappa shape index (κ3) is 2.22. The summed E-state index contributed by atoms with van der Waals surface area (Å²) in [5, 5.41) is 9.68. The van der Waals surface area contributed by atoms with Crippen molar-refractivity contribution in [2.75, 3.05) is 0 Å². The molecule has 0 bridgehead atoms. The first-order chi connectivity index (χ1) is 12.9. The summed E-state index contributed by atoms with van der Waals surface area (Å²) in [6.07, 6.45) is 10.5. The number of carboxylic acid groups (broad SMARTS) is 1. The maximum Gasteiger partial charge on any atom is 0.306 e. The molecule has 4 aliphatic rings. The smallest absolute Gasteiger partial charge is 0.306 e. The normalized spacial score (nSPS) is 45.3. The number of ketones is 1. The van der Waals surface area contributed by atoms with Crippen LogP contribution in [-0.4, -0.2) is 16.9 Å². The number of aliphatic carboxylic acids is 1. The summed E-state index contributed by atoms with van der Waals surface area (Å²) < 4.78 is 0. The lowest BCUT2D eigenvalue weighted by Gasteiger charge is -2.59. The number of hydrogen-bond donors (Lipinski definition) is 1. The minimum atomic E-state index is -0.664. The van der Waals surface area contributed by atoms with Gasteiger partial charge in [-0.2, -0.15) is 0 Å². The topological polar surface area (TPSA) is 54.4 Å². The van der Waals surface area contributed by atoms with Gasteiger partial charge in [0.15, 0.2) is 0 Å². The van der Waals surface area contributed by atoms with E-state index in [2.05, 4.69) is 46.8 Å². The molecule has 0 unspecified atom stereocenters. The van der Waals surface area contributed by atoms with E-state index in [1.165, 1.54) is 11.1 Å². The lowest BCUT2D eigenvalue weighted by Crippen LogP contribution is -2.53. The number of Topliss-reactive ketones (excluding diaryl/α,β-unsaturated/α-hetero) is 1. The summed E-state index contributed by atoms with van der Waals surface area (Å²) in [5.41, 5.74) is 2.77. The zero-order valence-electron chi connectivity index (χ0n) is 18.4. The van der Waals surface area contributed by atoms with Gasteiger partial charge in [-0.3, -0.25) is 9.59 Å². The van der Waals surface area contributed by atoms with Crippen molar-refractivity contribution in [2.24, 2.45) is 39.4 Å². The predicted molar refractivity (Wildman–Crippen MR) is 111 cm³/mol. The molecule has 0 spiro atoms. The van der Waals surface area contributed by atoms with Gasteiger partial charge in [0.1, 0.15) is 5.78 Å². The van der Waals surface area contributed by atoms with Gasteiger partial charge in [-0.15, -0.1) is 0 Å². The number of carboxylic acids is 1. The van der Waals surface area contributed by atoms with Crippen LogP contribution in [0.5, 0.6) is 0 Å². The fraction of sp³-hybridized carbons (Fsp3) is 0.760. The monoisotopic (exact) mass is 384 g/mol. The van der Waals surface area contributed by atoms with Crippen molar-refractivity contribution in [1.29, 1.82) is 0 Å². The summed E-state index contributed by atoms with van der Waals surface area (Å²) in [6, 6.07) is 0. The van der Waals surface area contributed by atoms with Crippen LogP contribution in [0.2, 0.25) is 0 Å². The van der Waals surface area contributed by atoms with E-state index in [9.17, 15) is 14.7 Å². The van der Waals surface area contributed by atoms with Crippen LogP contribution < -0.4 is 0 Å². The molecule has 4 aliphatic carbocycles. The SMILES string of the molecule is C[C@H](C(=O)O)[C@H]1CC[C@@]2(C)C3=CC[C@H]4C(C)(C)C(=O)CC[C@]4(C)C3=CC[C@]12C. The summed E-state index contributed by atoms with van der Waals surface area (Å²) in [5.74, 6) is 0.0152. The van der Waals surface area contributed by atoms with Crippen LogP contribution >= 0.6 is 0 Å². The van der Waals surface area contributed by atoms with Crippen LogP contribution in [0.3, 0.4) is 0 Å². The highest BCUT2D eigenvalue weighted by Crippen LogP contribution is 2.71. The Balaban J connectivity index is 1.80. The standard InChI is InChI=1S/C25H36O3/c1-15(21(27)28)16-9-13-25(6)18-7-8-19-22(2,3)20(26)11-12-23(19,4)17(18)10-14-24(16,25)5/h7,10,15-16,19H,8-9,11-14H2,1-6H3,(H,27,28)/t15-,16+,19-,23+,24+,25-/m0/s1. The molecular formula is C25H36O3. The average molecular weight is 385 g/mol. The van der Waals surface area contributed by atoms with Crippen molar-refractivity contribution < 1.29 is 14.7 Å². The fourth-order valence-electron chi connectivity index (χ4n) is 7.82. The number of carbonyl (C=O) groups is 2. The molecule has 0 heterocycles. The van der Waals surface area contributed by atoms with Crippen molar-refractivity contribution in [3.63, 3.8) is 0 Å². The lowest BCUT2D eigenvalue weighted by molar-refractivity contribution is -0.145. The second kappa shape index (κ2) is 5.83. The first-order valence-corrected chi connectivity index (χ1v) is 11.1. The van der Waals surface area contributed by atoms with Gasteiger partial charge >= 0.3 is 5.97 Å². The molecule has 0 aromatic carbocycles. The first-order valence-electron chi connectivity index (χ1n) is 11.1. The molecule has 2 fully saturated rings. The van der Waals surface area contributed by atoms with Crippen molar-refractivity contribution in [1.82, 2.24) is 0 Å². The number of rotatable bonds is 2. The Hall–Kier alpha value is -1.38. The van der Waals surface area contributed by atoms with Crippen LogP contribution in [0, 0.1) is 39.4 Å². The van der Waals surface area contributed by atoms with Gasteiger partial charge < -0.3 is 5.11 Å². The van der Waals surface area contributed by atoms with E-state index in [1.54, 1.807) is 0 Å². The van der Waals surface area contributed by atoms with E-state index in [1.807, 2.05) is 6.92 Å². The van der Waals surface area contributed by atoms with Crippen molar-refractivity contribution in [2.45, 2.75) is 80.1 Å². The van der Waals surface area contributed by atoms with Crippen LogP contribution in [0.15, 0.2) is 23.3 Å². The third-order valence-corrected chi connectivity index (χ3v) is 10.0. The lowest BCUT2D eigenvalue weighted by atomic mass is 9.44. The molecule has 154 valence electrons. The summed E-state index contributed by atoms with van der Waals surface area (Å²) >= 11 is 0. The Bertz CT molecular complexity index is 803. The van der Waals surface area contributed by atoms with E-state index >= 15 is 0 Å². The Morgan fingerprint density at radius 1 is 1.11 bits per heavy atom. The molecule has 0 radical (unpaired) electrons. The summed E-state index contributed by atoms with van der Waals surface area (Å²) in [6.45, 7) is 13.3. The van der Waals surface area contributed by atoms with Gasteiger partial charge in [0.05, 0.1) is 5.92 Å². The number of fused-ring (bicyclic) bond motifs is 5.